The quantitative estimate of drug-likeness (QED) is 0.505. The molecule has 7 heteroatoms. The van der Waals surface area contributed by atoms with Crippen molar-refractivity contribution in [1.82, 2.24) is 9.80 Å². The molecule has 0 spiro atoms. The molecule has 0 saturated heterocycles. The van der Waals surface area contributed by atoms with Gasteiger partial charge in [-0.15, -0.1) is 0 Å². The first kappa shape index (κ1) is 21.4. The summed E-state index contributed by atoms with van der Waals surface area (Å²) in [6, 6.07) is 9.62. The molecular weight excluding hydrogens is 384 g/mol. The van der Waals surface area contributed by atoms with Crippen LogP contribution >= 0.6 is 0 Å². The van der Waals surface area contributed by atoms with Crippen molar-refractivity contribution in [3.8, 4) is 5.75 Å². The molecule has 0 aliphatic carbocycles. The predicted octanol–water partition coefficient (Wildman–Crippen LogP) is 3.29. The highest BCUT2D eigenvalue weighted by Gasteiger charge is 2.44. The van der Waals surface area contributed by atoms with Crippen molar-refractivity contribution < 1.29 is 23.8 Å². The number of nitrogens with zero attached hydrogens (tertiary/aromatic N) is 2. The average molecular weight is 410 g/mol. The first-order valence-corrected chi connectivity index (χ1v) is 9.67. The van der Waals surface area contributed by atoms with E-state index in [0.717, 1.165) is 0 Å². The van der Waals surface area contributed by atoms with Crippen LogP contribution < -0.4 is 4.74 Å². The first-order valence-electron chi connectivity index (χ1n) is 9.67. The fraction of sp³-hybridized carbons (Fsp3) is 0.304. The van der Waals surface area contributed by atoms with Gasteiger partial charge in [0.15, 0.2) is 11.5 Å². The third-order valence-electron chi connectivity index (χ3n) is 4.84. The summed E-state index contributed by atoms with van der Waals surface area (Å²) in [7, 11) is 3.79. The number of likely N-dealkylation sites (N-methyl/N-ethyl adjacent to an activating group) is 1. The average Bonchev–Trinajstić information content (AvgIpc) is 3.26. The molecule has 1 atom stereocenters. The Hall–Kier alpha value is -3.32. The minimum Gasteiger partial charge on any atom is -0.503 e. The highest BCUT2D eigenvalue weighted by molar-refractivity contribution is 6.15. The lowest BCUT2D eigenvalue weighted by molar-refractivity contribution is -0.129. The van der Waals surface area contributed by atoms with E-state index >= 15 is 0 Å². The number of Topliss-reactive ketones (excluding diaryl/α,β-unsaturated/α-hetero) is 1. The Morgan fingerprint density at radius 2 is 2.10 bits per heavy atom. The van der Waals surface area contributed by atoms with E-state index < -0.39 is 23.5 Å². The molecule has 1 N–H and O–H groups in total. The van der Waals surface area contributed by atoms with Crippen molar-refractivity contribution in [1.29, 1.82) is 0 Å². The van der Waals surface area contributed by atoms with Crippen LogP contribution in [0.15, 0.2) is 64.8 Å². The van der Waals surface area contributed by atoms with Crippen molar-refractivity contribution in [3.05, 3.63) is 77.5 Å². The van der Waals surface area contributed by atoms with Crippen molar-refractivity contribution >= 4 is 11.7 Å². The largest absolute Gasteiger partial charge is 0.503 e. The van der Waals surface area contributed by atoms with E-state index in [-0.39, 0.29) is 11.3 Å². The number of aliphatic hydroxyl groups excluding tert-OH is 1. The third kappa shape index (κ3) is 4.31. The number of furan rings is 1. The minimum atomic E-state index is -0.748. The summed E-state index contributed by atoms with van der Waals surface area (Å²) in [5.41, 5.74) is 0.674. The lowest BCUT2D eigenvalue weighted by Crippen LogP contribution is -2.36. The van der Waals surface area contributed by atoms with Gasteiger partial charge in [-0.05, 0) is 50.8 Å². The lowest BCUT2D eigenvalue weighted by atomic mass is 9.95. The summed E-state index contributed by atoms with van der Waals surface area (Å²) in [4.78, 5) is 29.5. The molecule has 1 aliphatic rings. The molecule has 3 rings (SSSR count). The van der Waals surface area contributed by atoms with Gasteiger partial charge in [0, 0.05) is 13.1 Å². The Labute approximate surface area is 175 Å². The van der Waals surface area contributed by atoms with Crippen molar-refractivity contribution in [2.45, 2.75) is 13.0 Å². The summed E-state index contributed by atoms with van der Waals surface area (Å²) in [5.74, 6) is -0.395. The minimum absolute atomic E-state index is 0.00831. The molecule has 2 heterocycles. The molecule has 158 valence electrons. The lowest BCUT2D eigenvalue weighted by Gasteiger charge is -2.28. The monoisotopic (exact) mass is 410 g/mol. The molecule has 1 aromatic carbocycles. The van der Waals surface area contributed by atoms with Gasteiger partial charge < -0.3 is 24.1 Å². The number of benzene rings is 1. The Bertz CT molecular complexity index is 989. The molecule has 0 fully saturated rings. The first-order chi connectivity index (χ1) is 14.3. The third-order valence-corrected chi connectivity index (χ3v) is 4.84. The van der Waals surface area contributed by atoms with Crippen LogP contribution in [0.2, 0.25) is 0 Å². The molecule has 1 aromatic heterocycles. The van der Waals surface area contributed by atoms with E-state index in [0.29, 0.717) is 36.8 Å². The van der Waals surface area contributed by atoms with Gasteiger partial charge in [-0.1, -0.05) is 24.8 Å². The SMILES string of the molecule is C=CCOc1cccc([C@H]2C(C(=O)c3ccc(C)o3)=C(O)C(=O)N2CCN(C)C)c1. The molecule has 0 radical (unpaired) electrons. The summed E-state index contributed by atoms with van der Waals surface area (Å²) in [6.07, 6.45) is 1.63. The second-order valence-corrected chi connectivity index (χ2v) is 7.38. The Morgan fingerprint density at radius 1 is 1.33 bits per heavy atom. The summed E-state index contributed by atoms with van der Waals surface area (Å²) < 4.78 is 11.1. The smallest absolute Gasteiger partial charge is 0.290 e. The van der Waals surface area contributed by atoms with Crippen molar-refractivity contribution in [3.63, 3.8) is 0 Å². The van der Waals surface area contributed by atoms with Crippen molar-refractivity contribution in [2.75, 3.05) is 33.8 Å². The van der Waals surface area contributed by atoms with Gasteiger partial charge in [0.25, 0.3) is 5.91 Å². The van der Waals surface area contributed by atoms with E-state index in [1.54, 1.807) is 49.4 Å². The van der Waals surface area contributed by atoms with Crippen molar-refractivity contribution in [2.24, 2.45) is 0 Å². The van der Waals surface area contributed by atoms with E-state index in [1.807, 2.05) is 19.0 Å². The van der Waals surface area contributed by atoms with Crippen LogP contribution in [0.25, 0.3) is 0 Å². The zero-order valence-corrected chi connectivity index (χ0v) is 17.4. The number of ketones is 1. The number of rotatable bonds is 9. The maximum Gasteiger partial charge on any atom is 0.290 e. The van der Waals surface area contributed by atoms with Crippen LogP contribution in [0.1, 0.15) is 27.9 Å². The number of amides is 1. The topological polar surface area (TPSA) is 83.2 Å². The van der Waals surface area contributed by atoms with Gasteiger partial charge in [0.05, 0.1) is 11.6 Å². The summed E-state index contributed by atoms with van der Waals surface area (Å²) >= 11 is 0. The zero-order chi connectivity index (χ0) is 21.8. The number of aryl methyl sites for hydroxylation is 1. The number of hydrogen-bond donors (Lipinski definition) is 1. The highest BCUT2D eigenvalue weighted by Crippen LogP contribution is 2.39. The molecule has 0 bridgehead atoms. The van der Waals surface area contributed by atoms with Crippen LogP contribution in [0, 0.1) is 6.92 Å². The van der Waals surface area contributed by atoms with E-state index in [9.17, 15) is 14.7 Å². The zero-order valence-electron chi connectivity index (χ0n) is 17.4. The molecule has 2 aromatic rings. The number of carbonyl (C=O) groups excluding carboxylic acids is 2. The van der Waals surface area contributed by atoms with Gasteiger partial charge in [0.1, 0.15) is 18.1 Å². The van der Waals surface area contributed by atoms with Crippen LogP contribution in [0.4, 0.5) is 0 Å². The predicted molar refractivity (Wildman–Crippen MR) is 113 cm³/mol. The highest BCUT2D eigenvalue weighted by atomic mass is 16.5. The van der Waals surface area contributed by atoms with Gasteiger partial charge in [-0.25, -0.2) is 0 Å². The van der Waals surface area contributed by atoms with Crippen LogP contribution in [0.3, 0.4) is 0 Å². The molecular formula is C23H26N2O5. The van der Waals surface area contributed by atoms with E-state index in [2.05, 4.69) is 6.58 Å². The van der Waals surface area contributed by atoms with Gasteiger partial charge >= 0.3 is 0 Å². The fourth-order valence-electron chi connectivity index (χ4n) is 3.39. The Kier molecular flexibility index (Phi) is 6.42. The van der Waals surface area contributed by atoms with Gasteiger partial charge in [-0.2, -0.15) is 0 Å². The fourth-order valence-corrected chi connectivity index (χ4v) is 3.39. The second-order valence-electron chi connectivity index (χ2n) is 7.38. The van der Waals surface area contributed by atoms with Crippen LogP contribution in [-0.2, 0) is 4.79 Å². The number of ether oxygens (including phenoxy) is 1. The normalized spacial score (nSPS) is 16.5. The molecule has 0 unspecified atom stereocenters. The maximum absolute atomic E-state index is 13.2. The number of aliphatic hydroxyl groups is 1. The molecule has 7 nitrogen and oxygen atoms in total. The van der Waals surface area contributed by atoms with E-state index in [1.165, 1.54) is 4.90 Å². The Balaban J connectivity index is 2.05. The molecule has 1 amide bonds. The van der Waals surface area contributed by atoms with Crippen LogP contribution in [-0.4, -0.2) is 60.4 Å². The Morgan fingerprint density at radius 3 is 2.73 bits per heavy atom. The van der Waals surface area contributed by atoms with E-state index in [4.69, 9.17) is 9.15 Å². The van der Waals surface area contributed by atoms with Gasteiger partial charge in [-0.3, -0.25) is 9.59 Å². The second kappa shape index (κ2) is 9.00. The number of hydrogen-bond acceptors (Lipinski definition) is 6. The van der Waals surface area contributed by atoms with Gasteiger partial charge in [0.2, 0.25) is 5.78 Å². The molecule has 30 heavy (non-hydrogen) atoms. The molecule has 1 aliphatic heterocycles. The molecule has 0 saturated carbocycles. The number of carbonyl (C=O) groups is 2. The summed E-state index contributed by atoms with van der Waals surface area (Å²) in [6.45, 7) is 6.61. The maximum atomic E-state index is 13.2. The van der Waals surface area contributed by atoms with Crippen LogP contribution in [0.5, 0.6) is 5.75 Å². The standard InChI is InChI=1S/C23H26N2O5/c1-5-13-29-17-8-6-7-16(14-17)20-19(21(26)18-10-9-15(2)30-18)22(27)23(28)25(20)12-11-24(3)4/h5-10,14,20,27H,1,11-13H2,2-4H3/t20-/m0/s1. The summed E-state index contributed by atoms with van der Waals surface area (Å²) in [5, 5.41) is 10.6.